The summed E-state index contributed by atoms with van der Waals surface area (Å²) >= 11 is 0. The van der Waals surface area contributed by atoms with Crippen molar-refractivity contribution in [1.29, 1.82) is 0 Å². The van der Waals surface area contributed by atoms with E-state index in [1.165, 1.54) is 148 Å². The number of hydrogen-bond donors (Lipinski definition) is 0. The van der Waals surface area contributed by atoms with Crippen molar-refractivity contribution < 1.29 is 4.79 Å². The quantitative estimate of drug-likeness (QED) is 0.142. The van der Waals surface area contributed by atoms with Crippen LogP contribution in [0.15, 0.2) is 0 Å². The highest BCUT2D eigenvalue weighted by Gasteiger charge is 2.60. The van der Waals surface area contributed by atoms with Crippen LogP contribution in [0.3, 0.4) is 0 Å². The Morgan fingerprint density at radius 2 is 1.24 bits per heavy atom. The van der Waals surface area contributed by atoms with Gasteiger partial charge in [-0.3, -0.25) is 4.79 Å². The molecule has 1 heteroatoms. The van der Waals surface area contributed by atoms with Crippen molar-refractivity contribution in [1.82, 2.24) is 0 Å². The monoisotopic (exact) mass is 569 g/mol. The highest BCUT2D eigenvalue weighted by molar-refractivity contribution is 5.78. The van der Waals surface area contributed by atoms with E-state index in [0.717, 1.165) is 61.2 Å². The largest absolute Gasteiger partial charge is 0.300 e. The minimum absolute atomic E-state index is 0.552. The maximum Gasteiger partial charge on any atom is 0.132 e. The summed E-state index contributed by atoms with van der Waals surface area (Å²) in [6, 6.07) is 0. The first-order valence-electron chi connectivity index (χ1n) is 19.4. The Morgan fingerprint density at radius 3 is 1.90 bits per heavy atom. The van der Waals surface area contributed by atoms with Crippen LogP contribution in [0.5, 0.6) is 0 Å². The summed E-state index contributed by atoms with van der Waals surface area (Å²) in [6.07, 6.45) is 37.3. The van der Waals surface area contributed by atoms with Gasteiger partial charge in [0.05, 0.1) is 0 Å². The smallest absolute Gasteiger partial charge is 0.132 e. The van der Waals surface area contributed by atoms with E-state index in [2.05, 4.69) is 27.7 Å². The molecule has 4 saturated carbocycles. The van der Waals surface area contributed by atoms with Crippen LogP contribution in [0.4, 0.5) is 0 Å². The van der Waals surface area contributed by atoms with Crippen LogP contribution in [0.1, 0.15) is 201 Å². The highest BCUT2D eigenvalue weighted by Crippen LogP contribution is 2.68. The van der Waals surface area contributed by atoms with Gasteiger partial charge in [0.2, 0.25) is 0 Å². The van der Waals surface area contributed by atoms with E-state index in [-0.39, 0.29) is 0 Å². The fourth-order valence-electron chi connectivity index (χ4n) is 11.5. The maximum atomic E-state index is 12.8. The van der Waals surface area contributed by atoms with Crippen molar-refractivity contribution in [3.8, 4) is 0 Å². The van der Waals surface area contributed by atoms with Crippen molar-refractivity contribution in [2.45, 2.75) is 201 Å². The normalized spacial score (nSPS) is 35.5. The molecule has 1 nitrogen and oxygen atoms in total. The predicted octanol–water partition coefficient (Wildman–Crippen LogP) is 12.9. The summed E-state index contributed by atoms with van der Waals surface area (Å²) in [5.74, 6) is 6.17. The average molecular weight is 569 g/mol. The van der Waals surface area contributed by atoms with Crippen LogP contribution in [-0.2, 0) is 4.79 Å². The standard InChI is InChI=1S/C40H72O/c1-5-6-7-8-9-10-11-12-13-14-15-16-17-18-22-34(41)25-23-32(2)36-27-28-37-35-26-24-33-21-19-20-30-39(33,3)38(35)29-31-40(36,37)4/h32-33,35-38H,5-31H2,1-4H3/t32-,33?,35+,36-,37+,38+,39+,40-/m1/s1. The second-order valence-electron chi connectivity index (χ2n) is 16.5. The van der Waals surface area contributed by atoms with Crippen molar-refractivity contribution in [2.24, 2.45) is 46.3 Å². The molecule has 1 unspecified atom stereocenters. The van der Waals surface area contributed by atoms with Crippen LogP contribution < -0.4 is 0 Å². The third kappa shape index (κ3) is 8.65. The molecular weight excluding hydrogens is 496 g/mol. The van der Waals surface area contributed by atoms with Crippen molar-refractivity contribution in [3.63, 3.8) is 0 Å². The molecule has 4 aliphatic carbocycles. The molecule has 0 bridgehead atoms. The second-order valence-corrected chi connectivity index (χ2v) is 16.5. The van der Waals surface area contributed by atoms with Crippen molar-refractivity contribution in [2.75, 3.05) is 0 Å². The molecular formula is C40H72O. The number of ketones is 1. The summed E-state index contributed by atoms with van der Waals surface area (Å²) in [4.78, 5) is 12.8. The molecule has 238 valence electrons. The van der Waals surface area contributed by atoms with Gasteiger partial charge in [-0.15, -0.1) is 0 Å². The fraction of sp³-hybridized carbons (Fsp3) is 0.975. The molecule has 0 amide bonds. The first-order chi connectivity index (χ1) is 19.9. The molecule has 0 aromatic carbocycles. The number of unbranched alkanes of at least 4 members (excludes halogenated alkanes) is 13. The second kappa shape index (κ2) is 16.7. The van der Waals surface area contributed by atoms with E-state index >= 15 is 0 Å². The lowest BCUT2D eigenvalue weighted by atomic mass is 9.44. The van der Waals surface area contributed by atoms with Crippen LogP contribution in [0.25, 0.3) is 0 Å². The molecule has 0 aliphatic heterocycles. The minimum atomic E-state index is 0.552. The maximum absolute atomic E-state index is 12.8. The number of rotatable bonds is 19. The van der Waals surface area contributed by atoms with Crippen LogP contribution in [-0.4, -0.2) is 5.78 Å². The van der Waals surface area contributed by atoms with Crippen molar-refractivity contribution >= 4 is 5.78 Å². The zero-order valence-electron chi connectivity index (χ0n) is 28.5. The molecule has 0 spiro atoms. The molecule has 4 aliphatic rings. The number of hydrogen-bond acceptors (Lipinski definition) is 1. The Morgan fingerprint density at radius 1 is 0.634 bits per heavy atom. The molecule has 0 radical (unpaired) electrons. The van der Waals surface area contributed by atoms with E-state index in [4.69, 9.17) is 0 Å². The third-order valence-electron chi connectivity index (χ3n) is 14.0. The molecule has 0 saturated heterocycles. The number of fused-ring (bicyclic) bond motifs is 5. The average Bonchev–Trinajstić information content (AvgIpc) is 3.33. The van der Waals surface area contributed by atoms with Crippen LogP contribution in [0.2, 0.25) is 0 Å². The lowest BCUT2D eigenvalue weighted by Gasteiger charge is -2.61. The number of carbonyl (C=O) groups is 1. The van der Waals surface area contributed by atoms with Gasteiger partial charge < -0.3 is 0 Å². The Labute approximate surface area is 257 Å². The zero-order valence-corrected chi connectivity index (χ0v) is 28.5. The van der Waals surface area contributed by atoms with Gasteiger partial charge in [0.25, 0.3) is 0 Å². The SMILES string of the molecule is CCCCCCCCCCCCCCCCC(=O)CC[C@@H](C)[C@H]1CC[C@H]2[C@@H]3CCC4CCCC[C@]4(C)[C@H]3CC[C@]12C. The molecule has 41 heavy (non-hydrogen) atoms. The minimum Gasteiger partial charge on any atom is -0.300 e. The molecule has 4 fully saturated rings. The first kappa shape index (κ1) is 33.6. The molecule has 8 atom stereocenters. The van der Waals surface area contributed by atoms with Gasteiger partial charge in [0.1, 0.15) is 5.78 Å². The Kier molecular flexibility index (Phi) is 13.6. The van der Waals surface area contributed by atoms with Gasteiger partial charge >= 0.3 is 0 Å². The summed E-state index contributed by atoms with van der Waals surface area (Å²) in [6.45, 7) is 10.2. The van der Waals surface area contributed by atoms with Gasteiger partial charge in [-0.1, -0.05) is 124 Å². The van der Waals surface area contributed by atoms with Gasteiger partial charge in [-0.2, -0.15) is 0 Å². The summed E-state index contributed by atoms with van der Waals surface area (Å²) in [5.41, 5.74) is 1.21. The highest BCUT2D eigenvalue weighted by atomic mass is 16.1. The number of Topliss-reactive ketones (excluding diaryl/α,β-unsaturated/α-hetero) is 1. The van der Waals surface area contributed by atoms with Gasteiger partial charge in [0.15, 0.2) is 0 Å². The summed E-state index contributed by atoms with van der Waals surface area (Å²) < 4.78 is 0. The van der Waals surface area contributed by atoms with Crippen LogP contribution in [0, 0.1) is 46.3 Å². The van der Waals surface area contributed by atoms with Crippen molar-refractivity contribution in [3.05, 3.63) is 0 Å². The fourth-order valence-corrected chi connectivity index (χ4v) is 11.5. The van der Waals surface area contributed by atoms with Gasteiger partial charge in [-0.25, -0.2) is 0 Å². The topological polar surface area (TPSA) is 17.1 Å². The summed E-state index contributed by atoms with van der Waals surface area (Å²) in [7, 11) is 0. The van der Waals surface area contributed by atoms with E-state index in [1.807, 2.05) is 0 Å². The Hall–Kier alpha value is -0.330. The first-order valence-corrected chi connectivity index (χ1v) is 19.4. The Bertz CT molecular complexity index is 756. The zero-order chi connectivity index (χ0) is 29.1. The van der Waals surface area contributed by atoms with Gasteiger partial charge in [0, 0.05) is 12.8 Å². The molecule has 4 rings (SSSR count). The molecule has 0 heterocycles. The van der Waals surface area contributed by atoms with E-state index < -0.39 is 0 Å². The van der Waals surface area contributed by atoms with Crippen LogP contribution >= 0.6 is 0 Å². The lowest BCUT2D eigenvalue weighted by Crippen LogP contribution is -2.53. The van der Waals surface area contributed by atoms with Gasteiger partial charge in [-0.05, 0) is 111 Å². The third-order valence-corrected chi connectivity index (χ3v) is 14.0. The predicted molar refractivity (Wildman–Crippen MR) is 178 cm³/mol. The molecule has 0 aromatic rings. The number of carbonyl (C=O) groups excluding carboxylic acids is 1. The Balaban J connectivity index is 1.06. The van der Waals surface area contributed by atoms with E-state index in [1.54, 1.807) is 0 Å². The summed E-state index contributed by atoms with van der Waals surface area (Å²) in [5, 5.41) is 0. The van der Waals surface area contributed by atoms with E-state index in [0.29, 0.717) is 16.6 Å². The lowest BCUT2D eigenvalue weighted by molar-refractivity contribution is -0.120. The molecule has 0 N–H and O–H groups in total. The van der Waals surface area contributed by atoms with E-state index in [9.17, 15) is 4.79 Å². The molecule has 0 aromatic heterocycles.